The minimum absolute atomic E-state index is 0.0600. The average molecular weight is 247 g/mol. The first kappa shape index (κ1) is 11.4. The third kappa shape index (κ3) is 2.78. The third-order valence-electron chi connectivity index (χ3n) is 3.49. The monoisotopic (exact) mass is 247 g/mol. The normalized spacial score (nSPS) is 23.1. The summed E-state index contributed by atoms with van der Waals surface area (Å²) in [6, 6.07) is 3.59. The summed E-state index contributed by atoms with van der Waals surface area (Å²) >= 11 is 0. The maximum Gasteiger partial charge on any atom is 0.233 e. The molecule has 1 saturated heterocycles. The van der Waals surface area contributed by atoms with Crippen LogP contribution in [-0.2, 0) is 4.79 Å². The minimum Gasteiger partial charge on any atom is -0.471 e. The van der Waals surface area contributed by atoms with Crippen LogP contribution in [-0.4, -0.2) is 40.2 Å². The number of carbonyl (C=O) groups is 1. The predicted octanol–water partition coefficient (Wildman–Crippen LogP) is 1.26. The Kier molecular flexibility index (Phi) is 3.13. The Morgan fingerprint density at radius 2 is 2.33 bits per heavy atom. The van der Waals surface area contributed by atoms with E-state index in [4.69, 9.17) is 4.74 Å². The summed E-state index contributed by atoms with van der Waals surface area (Å²) in [6.07, 6.45) is 5.72. The van der Waals surface area contributed by atoms with Crippen LogP contribution in [0.2, 0.25) is 0 Å². The summed E-state index contributed by atoms with van der Waals surface area (Å²) in [6.45, 7) is 1.48. The van der Waals surface area contributed by atoms with Crippen LogP contribution in [0.25, 0.3) is 0 Å². The van der Waals surface area contributed by atoms with Crippen LogP contribution < -0.4 is 4.74 Å². The van der Waals surface area contributed by atoms with Crippen molar-refractivity contribution in [3.63, 3.8) is 0 Å². The number of hydrogen-bond acceptors (Lipinski definition) is 4. The molecule has 0 aromatic carbocycles. The molecule has 0 N–H and O–H groups in total. The van der Waals surface area contributed by atoms with Crippen molar-refractivity contribution in [2.45, 2.75) is 31.8 Å². The molecule has 1 aliphatic carbocycles. The van der Waals surface area contributed by atoms with Gasteiger partial charge in [0.2, 0.25) is 11.8 Å². The van der Waals surface area contributed by atoms with Crippen molar-refractivity contribution in [1.29, 1.82) is 0 Å². The van der Waals surface area contributed by atoms with Crippen LogP contribution in [0.15, 0.2) is 18.3 Å². The largest absolute Gasteiger partial charge is 0.471 e. The Morgan fingerprint density at radius 3 is 3.06 bits per heavy atom. The lowest BCUT2D eigenvalue weighted by molar-refractivity contribution is -0.130. The highest BCUT2D eigenvalue weighted by Crippen LogP contribution is 2.33. The van der Waals surface area contributed by atoms with Crippen molar-refractivity contribution < 1.29 is 9.53 Å². The first-order chi connectivity index (χ1) is 8.81. The lowest BCUT2D eigenvalue weighted by Crippen LogP contribution is -2.31. The molecule has 1 amide bonds. The second kappa shape index (κ2) is 4.92. The van der Waals surface area contributed by atoms with Gasteiger partial charge in [-0.2, -0.15) is 5.10 Å². The van der Waals surface area contributed by atoms with Gasteiger partial charge in [0, 0.05) is 31.6 Å². The Bertz CT molecular complexity index is 420. The molecule has 0 radical (unpaired) electrons. The molecule has 2 fully saturated rings. The molecule has 18 heavy (non-hydrogen) atoms. The quantitative estimate of drug-likeness (QED) is 0.803. The van der Waals surface area contributed by atoms with Gasteiger partial charge in [0.25, 0.3) is 0 Å². The number of rotatable bonds is 4. The summed E-state index contributed by atoms with van der Waals surface area (Å²) < 4.78 is 5.71. The zero-order valence-electron chi connectivity index (χ0n) is 10.3. The number of amides is 1. The number of ether oxygens (including phenoxy) is 1. The molecule has 2 aliphatic rings. The zero-order valence-corrected chi connectivity index (χ0v) is 10.3. The van der Waals surface area contributed by atoms with Gasteiger partial charge in [-0.25, -0.2) is 0 Å². The van der Waals surface area contributed by atoms with Gasteiger partial charge in [0.05, 0.1) is 6.54 Å². The molecule has 1 aromatic heterocycles. The molecule has 3 rings (SSSR count). The van der Waals surface area contributed by atoms with E-state index in [1.807, 2.05) is 4.90 Å². The van der Waals surface area contributed by atoms with Crippen LogP contribution in [0, 0.1) is 5.92 Å². The third-order valence-corrected chi connectivity index (χ3v) is 3.49. The van der Waals surface area contributed by atoms with E-state index < -0.39 is 0 Å². The highest BCUT2D eigenvalue weighted by atomic mass is 16.5. The smallest absolute Gasteiger partial charge is 0.233 e. The van der Waals surface area contributed by atoms with Gasteiger partial charge in [-0.05, 0) is 24.8 Å². The van der Waals surface area contributed by atoms with E-state index in [1.54, 1.807) is 18.3 Å². The molecule has 0 unspecified atom stereocenters. The molecular weight excluding hydrogens is 230 g/mol. The summed E-state index contributed by atoms with van der Waals surface area (Å²) in [5.74, 6) is 1.47. The van der Waals surface area contributed by atoms with Gasteiger partial charge >= 0.3 is 0 Å². The molecule has 5 nitrogen and oxygen atoms in total. The minimum atomic E-state index is 0.0600. The van der Waals surface area contributed by atoms with Crippen molar-refractivity contribution in [2.75, 3.05) is 13.1 Å². The highest BCUT2D eigenvalue weighted by Gasteiger charge is 2.31. The molecule has 5 heteroatoms. The predicted molar refractivity (Wildman–Crippen MR) is 65.0 cm³/mol. The van der Waals surface area contributed by atoms with E-state index in [0.29, 0.717) is 18.3 Å². The Balaban J connectivity index is 1.50. The molecule has 1 atom stereocenters. The summed E-state index contributed by atoms with van der Waals surface area (Å²) in [5.41, 5.74) is 0. The van der Waals surface area contributed by atoms with Gasteiger partial charge in [0.1, 0.15) is 6.10 Å². The Morgan fingerprint density at radius 1 is 1.44 bits per heavy atom. The first-order valence-electron chi connectivity index (χ1n) is 6.53. The maximum atomic E-state index is 11.9. The van der Waals surface area contributed by atoms with E-state index in [0.717, 1.165) is 19.4 Å². The standard InChI is InChI=1S/C13H17N3O2/c17-13(8-10-3-4-10)16-7-5-11(9-16)18-12-2-1-6-14-15-12/h1-2,6,10-11H,3-5,7-9H2/t11-/m1/s1. The molecule has 1 saturated carbocycles. The van der Waals surface area contributed by atoms with Gasteiger partial charge in [-0.15, -0.1) is 5.10 Å². The SMILES string of the molecule is O=C(CC1CC1)N1CC[C@@H](Oc2cccnn2)C1. The van der Waals surface area contributed by atoms with Crippen molar-refractivity contribution >= 4 is 5.91 Å². The zero-order chi connectivity index (χ0) is 12.4. The molecule has 96 valence electrons. The topological polar surface area (TPSA) is 55.3 Å². The van der Waals surface area contributed by atoms with E-state index in [-0.39, 0.29) is 12.0 Å². The number of aromatic nitrogens is 2. The van der Waals surface area contributed by atoms with Crippen LogP contribution >= 0.6 is 0 Å². The molecule has 0 spiro atoms. The fourth-order valence-corrected chi connectivity index (χ4v) is 2.27. The van der Waals surface area contributed by atoms with Crippen LogP contribution in [0.3, 0.4) is 0 Å². The average Bonchev–Trinajstić information content (AvgIpc) is 3.07. The summed E-state index contributed by atoms with van der Waals surface area (Å²) in [7, 11) is 0. The van der Waals surface area contributed by atoms with Crippen LogP contribution in [0.5, 0.6) is 5.88 Å². The van der Waals surface area contributed by atoms with E-state index in [2.05, 4.69) is 10.2 Å². The van der Waals surface area contributed by atoms with Crippen LogP contribution in [0.1, 0.15) is 25.7 Å². The maximum absolute atomic E-state index is 11.9. The van der Waals surface area contributed by atoms with E-state index >= 15 is 0 Å². The molecule has 1 aliphatic heterocycles. The lowest BCUT2D eigenvalue weighted by atomic mass is 10.2. The fraction of sp³-hybridized carbons (Fsp3) is 0.615. The van der Waals surface area contributed by atoms with Crippen molar-refractivity contribution in [3.05, 3.63) is 18.3 Å². The van der Waals surface area contributed by atoms with Crippen molar-refractivity contribution in [3.8, 4) is 5.88 Å². The summed E-state index contributed by atoms with van der Waals surface area (Å²) in [5, 5.41) is 7.67. The second-order valence-corrected chi connectivity index (χ2v) is 5.08. The van der Waals surface area contributed by atoms with Gasteiger partial charge in [-0.1, -0.05) is 0 Å². The first-order valence-corrected chi connectivity index (χ1v) is 6.53. The van der Waals surface area contributed by atoms with Gasteiger partial charge in [-0.3, -0.25) is 4.79 Å². The van der Waals surface area contributed by atoms with E-state index in [9.17, 15) is 4.79 Å². The molecule has 1 aromatic rings. The summed E-state index contributed by atoms with van der Waals surface area (Å²) in [4.78, 5) is 13.9. The second-order valence-electron chi connectivity index (χ2n) is 5.08. The van der Waals surface area contributed by atoms with Crippen molar-refractivity contribution in [2.24, 2.45) is 5.92 Å². The number of hydrogen-bond donors (Lipinski definition) is 0. The Labute approximate surface area is 106 Å². The lowest BCUT2D eigenvalue weighted by Gasteiger charge is -2.16. The number of carbonyl (C=O) groups excluding carboxylic acids is 1. The Hall–Kier alpha value is -1.65. The highest BCUT2D eigenvalue weighted by molar-refractivity contribution is 5.77. The molecular formula is C13H17N3O2. The molecule has 0 bridgehead atoms. The van der Waals surface area contributed by atoms with E-state index in [1.165, 1.54) is 12.8 Å². The fourth-order valence-electron chi connectivity index (χ4n) is 2.27. The number of nitrogens with zero attached hydrogens (tertiary/aromatic N) is 3. The van der Waals surface area contributed by atoms with Crippen LogP contribution in [0.4, 0.5) is 0 Å². The van der Waals surface area contributed by atoms with Gasteiger partial charge < -0.3 is 9.64 Å². The van der Waals surface area contributed by atoms with Crippen molar-refractivity contribution in [1.82, 2.24) is 15.1 Å². The molecule has 2 heterocycles. The number of likely N-dealkylation sites (tertiary alicyclic amines) is 1. The van der Waals surface area contributed by atoms with Gasteiger partial charge in [0.15, 0.2) is 0 Å².